The Morgan fingerprint density at radius 3 is 2.59 bits per heavy atom. The lowest BCUT2D eigenvalue weighted by atomic mass is 9.96. The molecule has 9 nitrogen and oxygen atoms in total. The van der Waals surface area contributed by atoms with Gasteiger partial charge in [0.1, 0.15) is 11.6 Å². The van der Waals surface area contributed by atoms with E-state index in [2.05, 4.69) is 10.6 Å². The predicted octanol–water partition coefficient (Wildman–Crippen LogP) is 4.61. The van der Waals surface area contributed by atoms with Crippen LogP contribution < -0.4 is 10.6 Å². The van der Waals surface area contributed by atoms with Crippen molar-refractivity contribution in [1.82, 2.24) is 15.5 Å². The molecule has 0 saturated carbocycles. The maximum atomic E-state index is 13.1. The highest BCUT2D eigenvalue weighted by Gasteiger charge is 2.30. The zero-order valence-electron chi connectivity index (χ0n) is 20.2. The van der Waals surface area contributed by atoms with Crippen molar-refractivity contribution in [3.63, 3.8) is 0 Å². The van der Waals surface area contributed by atoms with Gasteiger partial charge in [-0.1, -0.05) is 47.5 Å². The molecule has 5 rings (SSSR count). The molecule has 39 heavy (non-hydrogen) atoms. The molecule has 2 aromatic carbocycles. The van der Waals surface area contributed by atoms with E-state index in [0.717, 1.165) is 5.39 Å². The van der Waals surface area contributed by atoms with Crippen molar-refractivity contribution in [2.45, 2.75) is 19.0 Å². The van der Waals surface area contributed by atoms with E-state index in [9.17, 15) is 24.3 Å². The van der Waals surface area contributed by atoms with Crippen molar-refractivity contribution >= 4 is 69.2 Å². The van der Waals surface area contributed by atoms with E-state index >= 15 is 0 Å². The topological polar surface area (TPSA) is 129 Å². The van der Waals surface area contributed by atoms with Gasteiger partial charge in [0.2, 0.25) is 0 Å². The van der Waals surface area contributed by atoms with Crippen molar-refractivity contribution in [2.24, 2.45) is 0 Å². The molecule has 0 radical (unpaired) electrons. The fourth-order valence-electron chi connectivity index (χ4n) is 4.40. The average Bonchev–Trinajstić information content (AvgIpc) is 3.60. The third kappa shape index (κ3) is 5.49. The van der Waals surface area contributed by atoms with Gasteiger partial charge in [-0.15, -0.1) is 11.3 Å². The standard InChI is InChI=1S/C27H21Cl2N3O6S/c28-17-10-15-13-32(26(35)20-11-14-4-1-2-5-19(14)38-20)8-7-16(15)23(29)22(17)25(34)31-18(27(36)37)12-30-24(33)21-6-3-9-39-21/h1-6,9-11,18H,7-8,12-13H2,(H,30,33)(H,31,34)(H,36,37)/t18-/m0/s1. The van der Waals surface area contributed by atoms with Crippen LogP contribution in [0.4, 0.5) is 0 Å². The molecule has 12 heteroatoms. The second-order valence-electron chi connectivity index (χ2n) is 8.86. The number of furan rings is 1. The highest BCUT2D eigenvalue weighted by molar-refractivity contribution is 7.12. The number of nitrogens with zero attached hydrogens (tertiary/aromatic N) is 1. The van der Waals surface area contributed by atoms with Crippen LogP contribution in [0.5, 0.6) is 0 Å². The Morgan fingerprint density at radius 2 is 1.87 bits per heavy atom. The first-order valence-electron chi connectivity index (χ1n) is 11.9. The van der Waals surface area contributed by atoms with Gasteiger partial charge in [-0.3, -0.25) is 14.4 Å². The number of hydrogen-bond donors (Lipinski definition) is 3. The van der Waals surface area contributed by atoms with Crippen LogP contribution >= 0.6 is 34.5 Å². The van der Waals surface area contributed by atoms with E-state index in [-0.39, 0.29) is 40.4 Å². The summed E-state index contributed by atoms with van der Waals surface area (Å²) in [6.45, 7) is 0.202. The largest absolute Gasteiger partial charge is 0.480 e. The van der Waals surface area contributed by atoms with Crippen molar-refractivity contribution in [3.8, 4) is 0 Å². The third-order valence-electron chi connectivity index (χ3n) is 6.37. The molecule has 2 aromatic heterocycles. The van der Waals surface area contributed by atoms with Gasteiger partial charge < -0.3 is 25.1 Å². The number of amides is 3. The molecule has 1 aliphatic heterocycles. The summed E-state index contributed by atoms with van der Waals surface area (Å²) in [6.07, 6.45) is 0.358. The van der Waals surface area contributed by atoms with Gasteiger partial charge in [0.25, 0.3) is 17.7 Å². The van der Waals surface area contributed by atoms with Crippen LogP contribution in [-0.2, 0) is 17.8 Å². The molecule has 0 unspecified atom stereocenters. The summed E-state index contributed by atoms with van der Waals surface area (Å²) in [5, 5.41) is 17.1. The van der Waals surface area contributed by atoms with E-state index in [1.807, 2.05) is 18.2 Å². The average molecular weight is 586 g/mol. The van der Waals surface area contributed by atoms with Gasteiger partial charge in [-0.05, 0) is 47.2 Å². The molecular formula is C27H21Cl2N3O6S. The Labute approximate surface area is 236 Å². The van der Waals surface area contributed by atoms with Crippen LogP contribution in [0, 0.1) is 0 Å². The van der Waals surface area contributed by atoms with E-state index in [4.69, 9.17) is 27.6 Å². The van der Waals surface area contributed by atoms with Gasteiger partial charge >= 0.3 is 5.97 Å². The van der Waals surface area contributed by atoms with Crippen molar-refractivity contribution in [2.75, 3.05) is 13.1 Å². The summed E-state index contributed by atoms with van der Waals surface area (Å²) >= 11 is 14.2. The summed E-state index contributed by atoms with van der Waals surface area (Å²) in [7, 11) is 0. The first-order chi connectivity index (χ1) is 18.7. The van der Waals surface area contributed by atoms with Crippen molar-refractivity contribution in [1.29, 1.82) is 0 Å². The second-order valence-corrected chi connectivity index (χ2v) is 10.6. The zero-order chi connectivity index (χ0) is 27.7. The van der Waals surface area contributed by atoms with E-state index in [1.165, 1.54) is 11.3 Å². The number of aliphatic carboxylic acids is 1. The quantitative estimate of drug-likeness (QED) is 0.290. The summed E-state index contributed by atoms with van der Waals surface area (Å²) in [6, 6.07) is 12.5. The van der Waals surface area contributed by atoms with Crippen molar-refractivity contribution in [3.05, 3.63) is 91.3 Å². The van der Waals surface area contributed by atoms with Gasteiger partial charge in [0.15, 0.2) is 5.76 Å². The highest BCUT2D eigenvalue weighted by atomic mass is 35.5. The normalized spacial score (nSPS) is 13.5. The summed E-state index contributed by atoms with van der Waals surface area (Å²) in [5.74, 6) is -2.62. The number of benzene rings is 2. The number of thiophene rings is 1. The lowest BCUT2D eigenvalue weighted by Crippen LogP contribution is -2.48. The molecule has 1 aliphatic rings. The lowest BCUT2D eigenvalue weighted by Gasteiger charge is -2.30. The number of halogens is 2. The monoisotopic (exact) mass is 585 g/mol. The maximum Gasteiger partial charge on any atom is 0.328 e. The smallest absolute Gasteiger partial charge is 0.328 e. The Morgan fingerprint density at radius 1 is 1.08 bits per heavy atom. The number of carboxylic acid groups (broad SMARTS) is 1. The number of carboxylic acids is 1. The molecule has 3 heterocycles. The summed E-state index contributed by atoms with van der Waals surface area (Å²) in [4.78, 5) is 52.2. The minimum atomic E-state index is -1.42. The highest BCUT2D eigenvalue weighted by Crippen LogP contribution is 2.35. The Bertz CT molecular complexity index is 1570. The van der Waals surface area contributed by atoms with Crippen LogP contribution in [0.1, 0.15) is 41.7 Å². The second kappa shape index (κ2) is 11.1. The molecule has 0 saturated heterocycles. The minimum absolute atomic E-state index is 0.0149. The Hall–Kier alpha value is -3.86. The van der Waals surface area contributed by atoms with E-state index in [1.54, 1.807) is 40.6 Å². The van der Waals surface area contributed by atoms with Gasteiger partial charge in [0.05, 0.1) is 20.5 Å². The summed E-state index contributed by atoms with van der Waals surface area (Å²) in [5.41, 5.74) is 1.88. The number of carbonyl (C=O) groups excluding carboxylic acids is 3. The molecule has 200 valence electrons. The number of carbonyl (C=O) groups is 4. The van der Waals surface area contributed by atoms with Gasteiger partial charge in [-0.2, -0.15) is 0 Å². The fraction of sp³-hybridized carbons (Fsp3) is 0.185. The number of para-hydroxylation sites is 1. The number of hydrogen-bond acceptors (Lipinski definition) is 6. The van der Waals surface area contributed by atoms with Gasteiger partial charge in [0, 0.05) is 25.0 Å². The fourth-order valence-corrected chi connectivity index (χ4v) is 5.80. The minimum Gasteiger partial charge on any atom is -0.480 e. The van der Waals surface area contributed by atoms with Crippen LogP contribution in [0.2, 0.25) is 10.0 Å². The Balaban J connectivity index is 1.30. The lowest BCUT2D eigenvalue weighted by molar-refractivity contribution is -0.139. The first-order valence-corrected chi connectivity index (χ1v) is 13.5. The SMILES string of the molecule is O=C(NC[C@H](NC(=O)c1c(Cl)cc2c(c1Cl)CCN(C(=O)c1cc3ccccc3o1)C2)C(=O)O)c1cccs1. The molecule has 3 amide bonds. The first kappa shape index (κ1) is 26.7. The number of fused-ring (bicyclic) bond motifs is 2. The van der Waals surface area contributed by atoms with E-state index in [0.29, 0.717) is 34.6 Å². The number of rotatable bonds is 7. The molecule has 0 fully saturated rings. The van der Waals surface area contributed by atoms with Crippen molar-refractivity contribution < 1.29 is 28.7 Å². The predicted molar refractivity (Wildman–Crippen MR) is 147 cm³/mol. The molecule has 4 aromatic rings. The van der Waals surface area contributed by atoms with Gasteiger partial charge in [-0.25, -0.2) is 4.79 Å². The molecular weight excluding hydrogens is 565 g/mol. The Kier molecular flexibility index (Phi) is 7.60. The summed E-state index contributed by atoms with van der Waals surface area (Å²) < 4.78 is 5.71. The molecule has 1 atom stereocenters. The molecule has 0 spiro atoms. The maximum absolute atomic E-state index is 13.1. The molecule has 3 N–H and O–H groups in total. The van der Waals surface area contributed by atoms with Crippen LogP contribution in [0.3, 0.4) is 0 Å². The van der Waals surface area contributed by atoms with Crippen LogP contribution in [-0.4, -0.2) is 52.8 Å². The van der Waals surface area contributed by atoms with Crippen LogP contribution in [0.25, 0.3) is 11.0 Å². The molecule has 0 bridgehead atoms. The zero-order valence-corrected chi connectivity index (χ0v) is 22.5. The number of nitrogens with one attached hydrogen (secondary N) is 2. The van der Waals surface area contributed by atoms with Crippen LogP contribution in [0.15, 0.2) is 58.3 Å². The van der Waals surface area contributed by atoms with E-state index < -0.39 is 23.8 Å². The molecule has 0 aliphatic carbocycles. The third-order valence-corrected chi connectivity index (χ3v) is 7.95.